The lowest BCUT2D eigenvalue weighted by Gasteiger charge is -2.10. The Morgan fingerprint density at radius 2 is 1.38 bits per heavy atom. The summed E-state index contributed by atoms with van der Waals surface area (Å²) in [6, 6.07) is 14.2. The second-order valence-electron chi connectivity index (χ2n) is 7.19. The molecular weight excluding hydrogens is 384 g/mol. The summed E-state index contributed by atoms with van der Waals surface area (Å²) in [6.07, 6.45) is 6.99. The number of rotatable bonds is 15. The maximum atomic E-state index is 6.17. The minimum absolute atomic E-state index is 0.780. The molecule has 5 heteroatoms. The van der Waals surface area contributed by atoms with Crippen LogP contribution in [0.5, 0.6) is 11.5 Å². The van der Waals surface area contributed by atoms with E-state index >= 15 is 0 Å². The van der Waals surface area contributed by atoms with Crippen molar-refractivity contribution in [3.05, 3.63) is 58.6 Å². The molecule has 0 bridgehead atoms. The van der Waals surface area contributed by atoms with Crippen LogP contribution in [0.15, 0.2) is 42.5 Å². The summed E-state index contributed by atoms with van der Waals surface area (Å²) in [5.41, 5.74) is 2.49. The van der Waals surface area contributed by atoms with E-state index in [9.17, 15) is 0 Å². The molecule has 2 aromatic carbocycles. The molecular formula is C24H35ClN2O2. The molecule has 0 aromatic heterocycles. The van der Waals surface area contributed by atoms with Crippen LogP contribution in [0.4, 0.5) is 0 Å². The van der Waals surface area contributed by atoms with Crippen LogP contribution in [0.3, 0.4) is 0 Å². The molecule has 0 saturated heterocycles. The van der Waals surface area contributed by atoms with E-state index in [1.807, 2.05) is 24.3 Å². The number of halogens is 1. The molecule has 0 fully saturated rings. The van der Waals surface area contributed by atoms with Crippen LogP contribution in [0.2, 0.25) is 5.02 Å². The molecule has 0 amide bonds. The van der Waals surface area contributed by atoms with E-state index in [0.717, 1.165) is 55.5 Å². The van der Waals surface area contributed by atoms with Crippen molar-refractivity contribution >= 4 is 11.6 Å². The molecule has 0 unspecified atom stereocenters. The van der Waals surface area contributed by atoms with Gasteiger partial charge in [-0.1, -0.05) is 48.7 Å². The van der Waals surface area contributed by atoms with Crippen molar-refractivity contribution < 1.29 is 9.47 Å². The first-order valence-electron chi connectivity index (χ1n) is 10.6. The highest BCUT2D eigenvalue weighted by Crippen LogP contribution is 2.27. The Kier molecular flexibility index (Phi) is 11.6. The predicted octanol–water partition coefficient (Wildman–Crippen LogP) is 4.88. The lowest BCUT2D eigenvalue weighted by atomic mass is 10.1. The van der Waals surface area contributed by atoms with Gasteiger partial charge in [-0.05, 0) is 81.2 Å². The largest absolute Gasteiger partial charge is 0.493 e. The van der Waals surface area contributed by atoms with Crippen LogP contribution in [0.1, 0.15) is 36.8 Å². The van der Waals surface area contributed by atoms with Crippen LogP contribution < -0.4 is 20.1 Å². The Bertz CT molecular complexity index is 709. The van der Waals surface area contributed by atoms with Crippen LogP contribution in [-0.4, -0.2) is 40.4 Å². The monoisotopic (exact) mass is 418 g/mol. The number of benzene rings is 2. The molecule has 0 aliphatic carbocycles. The van der Waals surface area contributed by atoms with Gasteiger partial charge in [0.1, 0.15) is 0 Å². The molecule has 0 radical (unpaired) electrons. The Morgan fingerprint density at radius 1 is 0.724 bits per heavy atom. The zero-order valence-corrected chi connectivity index (χ0v) is 18.6. The van der Waals surface area contributed by atoms with Crippen LogP contribution >= 0.6 is 11.6 Å². The van der Waals surface area contributed by atoms with Crippen LogP contribution in [-0.2, 0) is 12.8 Å². The first kappa shape index (κ1) is 23.5. The first-order valence-corrected chi connectivity index (χ1v) is 11.0. The van der Waals surface area contributed by atoms with Crippen molar-refractivity contribution in [2.24, 2.45) is 0 Å². The van der Waals surface area contributed by atoms with Gasteiger partial charge in [-0.15, -0.1) is 0 Å². The van der Waals surface area contributed by atoms with Gasteiger partial charge in [0.05, 0.1) is 14.2 Å². The van der Waals surface area contributed by atoms with Gasteiger partial charge in [0.25, 0.3) is 0 Å². The van der Waals surface area contributed by atoms with E-state index < -0.39 is 0 Å². The van der Waals surface area contributed by atoms with Gasteiger partial charge in [-0.3, -0.25) is 0 Å². The molecule has 29 heavy (non-hydrogen) atoms. The second kappa shape index (κ2) is 14.3. The number of unbranched alkanes of at least 4 members (excludes halogenated alkanes) is 3. The van der Waals surface area contributed by atoms with E-state index in [-0.39, 0.29) is 0 Å². The third-order valence-corrected chi connectivity index (χ3v) is 5.39. The fourth-order valence-corrected chi connectivity index (χ4v) is 3.53. The number of hydrogen-bond donors (Lipinski definition) is 2. The molecule has 2 rings (SSSR count). The Balaban J connectivity index is 1.42. The van der Waals surface area contributed by atoms with Crippen molar-refractivity contribution in [3.63, 3.8) is 0 Å². The van der Waals surface area contributed by atoms with Crippen molar-refractivity contribution in [1.29, 1.82) is 0 Å². The summed E-state index contributed by atoms with van der Waals surface area (Å²) in [7, 11) is 3.34. The zero-order valence-electron chi connectivity index (χ0n) is 17.8. The van der Waals surface area contributed by atoms with E-state index in [0.29, 0.717) is 0 Å². The fourth-order valence-electron chi connectivity index (χ4n) is 3.30. The van der Waals surface area contributed by atoms with Gasteiger partial charge in [0.2, 0.25) is 0 Å². The van der Waals surface area contributed by atoms with E-state index in [1.54, 1.807) is 14.2 Å². The Labute approximate surface area is 180 Å². The second-order valence-corrected chi connectivity index (χ2v) is 7.60. The quantitative estimate of drug-likeness (QED) is 0.404. The standard InChI is InChI=1S/C24H35ClN2O2/c1-28-23-12-11-20(19-24(23)29-2)13-17-26-15-7-3-4-8-16-27-18-14-21-9-5-6-10-22(21)25/h5-6,9-12,19,26-27H,3-4,7-8,13-18H2,1-2H3. The first-order chi connectivity index (χ1) is 14.2. The summed E-state index contributed by atoms with van der Waals surface area (Å²) in [5, 5.41) is 7.92. The van der Waals surface area contributed by atoms with Gasteiger partial charge in [0.15, 0.2) is 11.5 Å². The average molecular weight is 419 g/mol. The molecule has 0 heterocycles. The van der Waals surface area contributed by atoms with Gasteiger partial charge < -0.3 is 20.1 Å². The summed E-state index contributed by atoms with van der Waals surface area (Å²) in [5.74, 6) is 1.58. The Hall–Kier alpha value is -1.75. The van der Waals surface area contributed by atoms with Gasteiger partial charge in [0, 0.05) is 5.02 Å². The highest BCUT2D eigenvalue weighted by molar-refractivity contribution is 6.31. The highest BCUT2D eigenvalue weighted by atomic mass is 35.5. The number of hydrogen-bond acceptors (Lipinski definition) is 4. The van der Waals surface area contributed by atoms with Crippen LogP contribution in [0.25, 0.3) is 0 Å². The topological polar surface area (TPSA) is 42.5 Å². The SMILES string of the molecule is COc1ccc(CCNCCCCCCNCCc2ccccc2Cl)cc1OC. The number of methoxy groups -OCH3 is 2. The molecule has 0 atom stereocenters. The third-order valence-electron chi connectivity index (χ3n) is 5.02. The minimum Gasteiger partial charge on any atom is -0.493 e. The van der Waals surface area contributed by atoms with Gasteiger partial charge in [-0.25, -0.2) is 0 Å². The lowest BCUT2D eigenvalue weighted by molar-refractivity contribution is 0.354. The minimum atomic E-state index is 0.780. The molecule has 0 saturated carbocycles. The summed E-state index contributed by atoms with van der Waals surface area (Å²) >= 11 is 6.17. The fraction of sp³-hybridized carbons (Fsp3) is 0.500. The average Bonchev–Trinajstić information content (AvgIpc) is 2.75. The van der Waals surface area contributed by atoms with Crippen LogP contribution in [0, 0.1) is 0 Å². The summed E-state index contributed by atoms with van der Waals surface area (Å²) in [6.45, 7) is 4.13. The zero-order chi connectivity index (χ0) is 20.7. The maximum Gasteiger partial charge on any atom is 0.160 e. The molecule has 0 aliphatic heterocycles. The molecule has 4 nitrogen and oxygen atoms in total. The van der Waals surface area contributed by atoms with Crippen molar-refractivity contribution in [2.75, 3.05) is 40.4 Å². The maximum absolute atomic E-state index is 6.17. The summed E-state index contributed by atoms with van der Waals surface area (Å²) < 4.78 is 10.6. The summed E-state index contributed by atoms with van der Waals surface area (Å²) in [4.78, 5) is 0. The molecule has 0 spiro atoms. The van der Waals surface area contributed by atoms with Gasteiger partial charge in [-0.2, -0.15) is 0 Å². The highest BCUT2D eigenvalue weighted by Gasteiger charge is 2.04. The third kappa shape index (κ3) is 9.07. The van der Waals surface area contributed by atoms with E-state index in [4.69, 9.17) is 21.1 Å². The van der Waals surface area contributed by atoms with Gasteiger partial charge >= 0.3 is 0 Å². The molecule has 2 aromatic rings. The van der Waals surface area contributed by atoms with E-state index in [2.05, 4.69) is 28.8 Å². The molecule has 2 N–H and O–H groups in total. The lowest BCUT2D eigenvalue weighted by Crippen LogP contribution is -2.19. The smallest absolute Gasteiger partial charge is 0.160 e. The number of nitrogens with one attached hydrogen (secondary N) is 2. The molecule has 160 valence electrons. The molecule has 0 aliphatic rings. The number of ether oxygens (including phenoxy) is 2. The normalized spacial score (nSPS) is 10.9. The van der Waals surface area contributed by atoms with Crippen molar-refractivity contribution in [3.8, 4) is 11.5 Å². The predicted molar refractivity (Wildman–Crippen MR) is 123 cm³/mol. The van der Waals surface area contributed by atoms with E-state index in [1.165, 1.54) is 36.8 Å². The van der Waals surface area contributed by atoms with Crippen molar-refractivity contribution in [1.82, 2.24) is 10.6 Å². The Morgan fingerprint density at radius 3 is 2.03 bits per heavy atom. The van der Waals surface area contributed by atoms with Crippen molar-refractivity contribution in [2.45, 2.75) is 38.5 Å².